The van der Waals surface area contributed by atoms with Crippen LogP contribution in [-0.2, 0) is 0 Å². The maximum absolute atomic E-state index is 9.55. The molecule has 0 aliphatic rings. The summed E-state index contributed by atoms with van der Waals surface area (Å²) in [7, 11) is 0. The maximum atomic E-state index is 9.55. The topological polar surface area (TPSA) is 46.0 Å². The molecule has 0 saturated heterocycles. The molecule has 0 fully saturated rings. The molecule has 0 spiro atoms. The van der Waals surface area contributed by atoms with E-state index in [9.17, 15) is 5.11 Å². The van der Waals surface area contributed by atoms with Crippen LogP contribution in [0.4, 0.5) is 0 Å². The average Bonchev–Trinajstić information content (AvgIpc) is 2.30. The van der Waals surface area contributed by atoms with Gasteiger partial charge in [0.15, 0.2) is 5.16 Å². The van der Waals surface area contributed by atoms with Crippen molar-refractivity contribution >= 4 is 27.7 Å². The predicted octanol–water partition coefficient (Wildman–Crippen LogP) is 4.06. The number of rotatable bonds is 3. The molecular formula is C14H15BrN2OS. The number of aliphatic hydroxyl groups excluding tert-OH is 1. The third-order valence-corrected chi connectivity index (χ3v) is 4.46. The maximum Gasteiger partial charge on any atom is 0.192 e. The number of nitrogens with zero attached hydrogens (tertiary/aromatic N) is 2. The second-order valence-corrected chi connectivity index (χ2v) is 6.26. The van der Waals surface area contributed by atoms with Crippen molar-refractivity contribution in [3.8, 4) is 0 Å². The van der Waals surface area contributed by atoms with Gasteiger partial charge >= 0.3 is 0 Å². The highest BCUT2D eigenvalue weighted by Gasteiger charge is 2.09. The Balaban J connectivity index is 2.28. The van der Waals surface area contributed by atoms with Crippen molar-refractivity contribution in [1.82, 2.24) is 9.97 Å². The van der Waals surface area contributed by atoms with Crippen LogP contribution in [0.1, 0.15) is 30.0 Å². The monoisotopic (exact) mass is 338 g/mol. The Labute approximate surface area is 125 Å². The molecule has 0 aliphatic heterocycles. The number of aromatic nitrogens is 2. The molecule has 0 radical (unpaired) electrons. The Morgan fingerprint density at radius 1 is 1.16 bits per heavy atom. The summed E-state index contributed by atoms with van der Waals surface area (Å²) in [5.41, 5.74) is 2.82. The van der Waals surface area contributed by atoms with Crippen LogP contribution in [0.15, 0.2) is 38.8 Å². The fraction of sp³-hybridized carbons (Fsp3) is 0.286. The van der Waals surface area contributed by atoms with E-state index < -0.39 is 6.10 Å². The summed E-state index contributed by atoms with van der Waals surface area (Å²) in [4.78, 5) is 9.86. The molecular weight excluding hydrogens is 324 g/mol. The van der Waals surface area contributed by atoms with Gasteiger partial charge in [-0.25, -0.2) is 9.97 Å². The third-order valence-electron chi connectivity index (χ3n) is 2.60. The molecule has 2 rings (SSSR count). The number of halogens is 1. The van der Waals surface area contributed by atoms with Crippen LogP contribution in [-0.4, -0.2) is 15.1 Å². The molecule has 0 amide bonds. The molecule has 1 heterocycles. The fourth-order valence-electron chi connectivity index (χ4n) is 1.70. The van der Waals surface area contributed by atoms with E-state index >= 15 is 0 Å². The van der Waals surface area contributed by atoms with Crippen LogP contribution >= 0.6 is 27.7 Å². The zero-order chi connectivity index (χ0) is 14.0. The minimum atomic E-state index is -0.465. The highest BCUT2D eigenvalue weighted by molar-refractivity contribution is 9.10. The first-order valence-electron chi connectivity index (χ1n) is 5.93. The van der Waals surface area contributed by atoms with Crippen molar-refractivity contribution in [1.29, 1.82) is 0 Å². The van der Waals surface area contributed by atoms with E-state index in [0.717, 1.165) is 31.5 Å². The molecule has 19 heavy (non-hydrogen) atoms. The van der Waals surface area contributed by atoms with E-state index in [1.54, 1.807) is 6.92 Å². The van der Waals surface area contributed by atoms with Crippen molar-refractivity contribution in [2.45, 2.75) is 36.9 Å². The van der Waals surface area contributed by atoms with E-state index in [1.165, 1.54) is 11.8 Å². The van der Waals surface area contributed by atoms with Crippen LogP contribution < -0.4 is 0 Å². The Morgan fingerprint density at radius 2 is 1.79 bits per heavy atom. The van der Waals surface area contributed by atoms with Crippen LogP contribution in [0.5, 0.6) is 0 Å². The first kappa shape index (κ1) is 14.5. The Bertz CT molecular complexity index is 582. The molecule has 1 atom stereocenters. The summed E-state index contributed by atoms with van der Waals surface area (Å²) in [5, 5.41) is 10.3. The molecule has 0 unspecified atom stereocenters. The first-order valence-corrected chi connectivity index (χ1v) is 7.54. The van der Waals surface area contributed by atoms with Crippen LogP contribution in [0.3, 0.4) is 0 Å². The molecule has 1 N–H and O–H groups in total. The minimum Gasteiger partial charge on any atom is -0.389 e. The van der Waals surface area contributed by atoms with Gasteiger partial charge in [0.2, 0.25) is 0 Å². The van der Waals surface area contributed by atoms with Gasteiger partial charge in [-0.1, -0.05) is 6.07 Å². The van der Waals surface area contributed by atoms with Gasteiger partial charge in [-0.05, 0) is 72.2 Å². The molecule has 0 aliphatic carbocycles. The number of hydrogen-bond acceptors (Lipinski definition) is 4. The lowest BCUT2D eigenvalue weighted by molar-refractivity contribution is 0.199. The van der Waals surface area contributed by atoms with Gasteiger partial charge in [0, 0.05) is 20.8 Å². The van der Waals surface area contributed by atoms with Crippen LogP contribution in [0.2, 0.25) is 0 Å². The highest BCUT2D eigenvalue weighted by Crippen LogP contribution is 2.33. The van der Waals surface area contributed by atoms with Crippen LogP contribution in [0.25, 0.3) is 0 Å². The molecule has 2 aromatic rings. The van der Waals surface area contributed by atoms with Gasteiger partial charge < -0.3 is 5.11 Å². The second-order valence-electron chi connectivity index (χ2n) is 4.40. The Morgan fingerprint density at radius 3 is 2.32 bits per heavy atom. The molecule has 1 aromatic heterocycles. The van der Waals surface area contributed by atoms with Crippen molar-refractivity contribution in [3.63, 3.8) is 0 Å². The van der Waals surface area contributed by atoms with Gasteiger partial charge in [0.1, 0.15) is 0 Å². The standard InChI is InChI=1S/C14H15BrN2OS/c1-8-6-9(2)17-14(16-8)19-13-5-4-11(10(3)18)7-12(13)15/h4-7,10,18H,1-3H3/t10-/m0/s1. The van der Waals surface area contributed by atoms with Crippen molar-refractivity contribution in [3.05, 3.63) is 45.7 Å². The molecule has 0 saturated carbocycles. The summed E-state index contributed by atoms with van der Waals surface area (Å²) in [6.45, 7) is 5.68. The summed E-state index contributed by atoms with van der Waals surface area (Å²) in [6.07, 6.45) is -0.465. The van der Waals surface area contributed by atoms with Gasteiger partial charge in [-0.3, -0.25) is 0 Å². The van der Waals surface area contributed by atoms with Gasteiger partial charge in [-0.15, -0.1) is 0 Å². The van der Waals surface area contributed by atoms with Crippen LogP contribution in [0, 0.1) is 13.8 Å². The molecule has 1 aromatic carbocycles. The van der Waals surface area contributed by atoms with Crippen molar-refractivity contribution in [2.24, 2.45) is 0 Å². The first-order chi connectivity index (χ1) is 8.95. The zero-order valence-electron chi connectivity index (χ0n) is 11.0. The lowest BCUT2D eigenvalue weighted by Gasteiger charge is -2.09. The van der Waals surface area contributed by atoms with E-state index in [1.807, 2.05) is 38.1 Å². The zero-order valence-corrected chi connectivity index (χ0v) is 13.4. The number of benzene rings is 1. The van der Waals surface area contributed by atoms with Gasteiger partial charge in [0.25, 0.3) is 0 Å². The van der Waals surface area contributed by atoms with Crippen molar-refractivity contribution in [2.75, 3.05) is 0 Å². The molecule has 0 bridgehead atoms. The highest BCUT2D eigenvalue weighted by atomic mass is 79.9. The number of aryl methyl sites for hydroxylation is 2. The summed E-state index contributed by atoms with van der Waals surface area (Å²) >= 11 is 5.03. The minimum absolute atomic E-state index is 0.465. The van der Waals surface area contributed by atoms with Gasteiger partial charge in [-0.2, -0.15) is 0 Å². The van der Waals surface area contributed by atoms with E-state index in [2.05, 4.69) is 25.9 Å². The quantitative estimate of drug-likeness (QED) is 0.857. The summed E-state index contributed by atoms with van der Waals surface area (Å²) in [6, 6.07) is 7.77. The number of hydrogen-bond donors (Lipinski definition) is 1. The van der Waals surface area contributed by atoms with E-state index in [-0.39, 0.29) is 0 Å². The largest absolute Gasteiger partial charge is 0.389 e. The van der Waals surface area contributed by atoms with E-state index in [0.29, 0.717) is 0 Å². The Kier molecular flexibility index (Phi) is 4.60. The lowest BCUT2D eigenvalue weighted by atomic mass is 10.1. The van der Waals surface area contributed by atoms with E-state index in [4.69, 9.17) is 0 Å². The molecule has 100 valence electrons. The van der Waals surface area contributed by atoms with Crippen molar-refractivity contribution < 1.29 is 5.11 Å². The lowest BCUT2D eigenvalue weighted by Crippen LogP contribution is -1.94. The second kappa shape index (κ2) is 6.03. The molecule has 3 nitrogen and oxygen atoms in total. The smallest absolute Gasteiger partial charge is 0.192 e. The SMILES string of the molecule is Cc1cc(C)nc(Sc2ccc([C@H](C)O)cc2Br)n1. The predicted molar refractivity (Wildman–Crippen MR) is 80.4 cm³/mol. The Hall–Kier alpha value is -0.910. The summed E-state index contributed by atoms with van der Waals surface area (Å²) in [5.74, 6) is 0. The number of aliphatic hydroxyl groups is 1. The fourth-order valence-corrected chi connectivity index (χ4v) is 3.21. The van der Waals surface area contributed by atoms with Gasteiger partial charge in [0.05, 0.1) is 6.10 Å². The third kappa shape index (κ3) is 3.78. The molecule has 5 heteroatoms. The normalized spacial score (nSPS) is 12.5. The summed E-state index contributed by atoms with van der Waals surface area (Å²) < 4.78 is 0.943. The average molecular weight is 339 g/mol.